The van der Waals surface area contributed by atoms with Crippen molar-refractivity contribution >= 4 is 66.5 Å². The second-order valence-electron chi connectivity index (χ2n) is 6.52. The van der Waals surface area contributed by atoms with Gasteiger partial charge >= 0.3 is 0 Å². The van der Waals surface area contributed by atoms with Gasteiger partial charge in [-0.25, -0.2) is 4.99 Å². The lowest BCUT2D eigenvalue weighted by Crippen LogP contribution is -2.35. The Morgan fingerprint density at radius 3 is 2.45 bits per heavy atom. The number of para-hydroxylation sites is 1. The monoisotopic (exact) mass is 534 g/mol. The van der Waals surface area contributed by atoms with Crippen molar-refractivity contribution in [2.75, 3.05) is 6.61 Å². The molecule has 0 N–H and O–H groups in total. The zero-order valence-corrected chi connectivity index (χ0v) is 20.1. The maximum absolute atomic E-state index is 13.0. The minimum absolute atomic E-state index is 0.0107. The van der Waals surface area contributed by atoms with Crippen LogP contribution in [-0.4, -0.2) is 28.6 Å². The summed E-state index contributed by atoms with van der Waals surface area (Å²) in [5, 5.41) is 0.687. The highest BCUT2D eigenvalue weighted by atomic mass is 79.9. The molecule has 1 fully saturated rings. The number of benzene rings is 2. The van der Waals surface area contributed by atoms with Gasteiger partial charge in [0.25, 0.3) is 5.91 Å². The van der Waals surface area contributed by atoms with E-state index in [4.69, 9.17) is 4.74 Å². The van der Waals surface area contributed by atoms with Crippen LogP contribution in [0.5, 0.6) is 5.75 Å². The Hall–Kier alpha value is -1.83. The molecule has 1 amide bonds. The van der Waals surface area contributed by atoms with Gasteiger partial charge in [-0.05, 0) is 93.4 Å². The van der Waals surface area contributed by atoms with Crippen molar-refractivity contribution in [3.8, 4) is 5.75 Å². The van der Waals surface area contributed by atoms with Crippen molar-refractivity contribution in [1.82, 2.24) is 4.90 Å². The molecule has 0 bridgehead atoms. The average Bonchev–Trinajstić information content (AvgIpc) is 2.97. The van der Waals surface area contributed by atoms with Crippen molar-refractivity contribution in [3.63, 3.8) is 0 Å². The van der Waals surface area contributed by atoms with Gasteiger partial charge < -0.3 is 4.74 Å². The molecule has 1 heterocycles. The van der Waals surface area contributed by atoms with Gasteiger partial charge in [0.15, 0.2) is 5.17 Å². The average molecular weight is 536 g/mol. The van der Waals surface area contributed by atoms with E-state index in [1.807, 2.05) is 62.4 Å². The summed E-state index contributed by atoms with van der Waals surface area (Å²) in [6, 6.07) is 13.5. The number of aliphatic imine (C=N–C) groups is 1. The number of ether oxygens (including phenoxy) is 1. The SMILES string of the molecule is C=CCOc1c(Br)cc(/C=C2/SC(=Nc3ccccc3)N(C(C)C)C2=O)cc1Br. The molecule has 3 rings (SSSR count). The molecule has 29 heavy (non-hydrogen) atoms. The predicted molar refractivity (Wildman–Crippen MR) is 129 cm³/mol. The molecule has 2 aromatic carbocycles. The van der Waals surface area contributed by atoms with Gasteiger partial charge in [0.2, 0.25) is 0 Å². The number of rotatable bonds is 6. The van der Waals surface area contributed by atoms with E-state index in [-0.39, 0.29) is 11.9 Å². The third-order valence-corrected chi connectivity index (χ3v) is 6.16. The molecule has 1 aliphatic heterocycles. The molecule has 1 aliphatic rings. The Balaban J connectivity index is 1.94. The van der Waals surface area contributed by atoms with E-state index in [0.29, 0.717) is 22.4 Å². The molecule has 7 heteroatoms. The van der Waals surface area contributed by atoms with Crippen LogP contribution in [0.1, 0.15) is 19.4 Å². The summed E-state index contributed by atoms with van der Waals surface area (Å²) in [4.78, 5) is 20.1. The zero-order chi connectivity index (χ0) is 21.0. The normalized spacial score (nSPS) is 16.9. The lowest BCUT2D eigenvalue weighted by molar-refractivity contribution is -0.123. The Bertz CT molecular complexity index is 965. The summed E-state index contributed by atoms with van der Waals surface area (Å²) in [5.41, 5.74) is 1.71. The molecule has 0 unspecified atom stereocenters. The van der Waals surface area contributed by atoms with Gasteiger partial charge in [-0.2, -0.15) is 0 Å². The first-order valence-corrected chi connectivity index (χ1v) is 11.4. The number of halogens is 2. The molecule has 1 saturated heterocycles. The van der Waals surface area contributed by atoms with Gasteiger partial charge in [-0.15, -0.1) is 0 Å². The number of amides is 1. The van der Waals surface area contributed by atoms with Crippen LogP contribution in [0.2, 0.25) is 0 Å². The second kappa shape index (κ2) is 9.78. The zero-order valence-electron chi connectivity index (χ0n) is 16.1. The van der Waals surface area contributed by atoms with Crippen LogP contribution in [0.3, 0.4) is 0 Å². The van der Waals surface area contributed by atoms with Gasteiger partial charge in [0, 0.05) is 6.04 Å². The van der Waals surface area contributed by atoms with Crippen molar-refractivity contribution in [1.29, 1.82) is 0 Å². The van der Waals surface area contributed by atoms with Crippen molar-refractivity contribution < 1.29 is 9.53 Å². The van der Waals surface area contributed by atoms with Crippen LogP contribution in [0.4, 0.5) is 5.69 Å². The number of hydrogen-bond acceptors (Lipinski definition) is 4. The maximum atomic E-state index is 13.0. The summed E-state index contributed by atoms with van der Waals surface area (Å²) in [5.74, 6) is 0.659. The molecule has 0 radical (unpaired) electrons. The van der Waals surface area contributed by atoms with Gasteiger partial charge in [0.05, 0.1) is 19.5 Å². The third-order valence-electron chi connectivity index (χ3n) is 4.00. The van der Waals surface area contributed by atoms with Gasteiger partial charge in [-0.1, -0.05) is 30.9 Å². The Morgan fingerprint density at radius 2 is 1.86 bits per heavy atom. The third kappa shape index (κ3) is 5.21. The standard InChI is InChI=1S/C22H20Br2N2O2S/c1-4-10-28-20-17(23)11-15(12-18(20)24)13-19-21(27)26(14(2)3)22(29-19)25-16-8-6-5-7-9-16/h4-9,11-14H,1,10H2,2-3H3/b19-13+,25-22?. The number of nitrogens with zero attached hydrogens (tertiary/aromatic N) is 2. The van der Waals surface area contributed by atoms with Crippen LogP contribution >= 0.6 is 43.6 Å². The van der Waals surface area contributed by atoms with Gasteiger partial charge in [-0.3, -0.25) is 9.69 Å². The molecular formula is C22H20Br2N2O2S. The van der Waals surface area contributed by atoms with E-state index >= 15 is 0 Å². The minimum Gasteiger partial charge on any atom is -0.487 e. The summed E-state index contributed by atoms with van der Waals surface area (Å²) >= 11 is 8.47. The van der Waals surface area contributed by atoms with Crippen molar-refractivity contribution in [2.45, 2.75) is 19.9 Å². The molecule has 0 atom stereocenters. The van der Waals surface area contributed by atoms with Crippen LogP contribution in [0.25, 0.3) is 6.08 Å². The first kappa shape index (κ1) is 21.9. The fraction of sp³-hybridized carbons (Fsp3) is 0.182. The largest absolute Gasteiger partial charge is 0.487 e. The smallest absolute Gasteiger partial charge is 0.266 e. The minimum atomic E-state index is -0.0427. The Morgan fingerprint density at radius 1 is 1.21 bits per heavy atom. The first-order valence-electron chi connectivity index (χ1n) is 9.00. The van der Waals surface area contributed by atoms with E-state index < -0.39 is 0 Å². The van der Waals surface area contributed by atoms with Gasteiger partial charge in [0.1, 0.15) is 12.4 Å². The summed E-state index contributed by atoms with van der Waals surface area (Å²) in [6.45, 7) is 8.05. The van der Waals surface area contributed by atoms with E-state index in [1.54, 1.807) is 11.0 Å². The second-order valence-corrected chi connectivity index (χ2v) is 9.24. The molecule has 0 aromatic heterocycles. The Labute approximate surface area is 192 Å². The van der Waals surface area contributed by atoms with Crippen LogP contribution in [0, 0.1) is 0 Å². The fourth-order valence-corrected chi connectivity index (χ4v) is 5.30. The number of hydrogen-bond donors (Lipinski definition) is 0. The highest BCUT2D eigenvalue weighted by Crippen LogP contribution is 2.38. The summed E-state index contributed by atoms with van der Waals surface area (Å²) in [6.07, 6.45) is 3.57. The maximum Gasteiger partial charge on any atom is 0.266 e. The first-order chi connectivity index (χ1) is 13.9. The van der Waals surface area contributed by atoms with E-state index in [2.05, 4.69) is 43.4 Å². The number of carbonyl (C=O) groups is 1. The van der Waals surface area contributed by atoms with Crippen LogP contribution in [-0.2, 0) is 4.79 Å². The number of thioether (sulfide) groups is 1. The van der Waals surface area contributed by atoms with Crippen molar-refractivity contribution in [3.05, 3.63) is 74.5 Å². The molecule has 0 spiro atoms. The molecule has 0 aliphatic carbocycles. The highest BCUT2D eigenvalue weighted by molar-refractivity contribution is 9.11. The fourth-order valence-electron chi connectivity index (χ4n) is 2.73. The molecule has 2 aromatic rings. The van der Waals surface area contributed by atoms with E-state index in [0.717, 1.165) is 20.2 Å². The lowest BCUT2D eigenvalue weighted by Gasteiger charge is -2.19. The van der Waals surface area contributed by atoms with Crippen LogP contribution < -0.4 is 4.74 Å². The molecule has 0 saturated carbocycles. The van der Waals surface area contributed by atoms with Crippen LogP contribution in [0.15, 0.2) is 74.0 Å². The number of carbonyl (C=O) groups excluding carboxylic acids is 1. The summed E-state index contributed by atoms with van der Waals surface area (Å²) < 4.78 is 7.26. The lowest BCUT2D eigenvalue weighted by atomic mass is 10.2. The molecule has 150 valence electrons. The van der Waals surface area contributed by atoms with Crippen molar-refractivity contribution in [2.24, 2.45) is 4.99 Å². The summed E-state index contributed by atoms with van der Waals surface area (Å²) in [7, 11) is 0. The number of amidine groups is 1. The quantitative estimate of drug-likeness (QED) is 0.302. The Kier molecular flexibility index (Phi) is 7.38. The predicted octanol–water partition coefficient (Wildman–Crippen LogP) is 6.79. The molecular weight excluding hydrogens is 516 g/mol. The van der Waals surface area contributed by atoms with E-state index in [9.17, 15) is 4.79 Å². The van der Waals surface area contributed by atoms with E-state index in [1.165, 1.54) is 11.8 Å². The molecule has 4 nitrogen and oxygen atoms in total. The topological polar surface area (TPSA) is 41.9 Å². The highest BCUT2D eigenvalue weighted by Gasteiger charge is 2.35.